The molecular formula is C22H31N3O3S. The first-order valence-electron chi connectivity index (χ1n) is 10.4. The van der Waals surface area contributed by atoms with E-state index < -0.39 is 0 Å². The molecule has 29 heavy (non-hydrogen) atoms. The van der Waals surface area contributed by atoms with Crippen molar-refractivity contribution < 1.29 is 9.53 Å². The standard InChI is InChI=1S/C22H31N3O3S/c1-15-8-6-11-18(16(15)2)23-20(26)14-29-22-24-19-10-5-4-9-17(19)21(27)25(22)12-7-13-28-3/h4-5,9-10,15-16,18H,6-8,11-14H2,1-3H3,(H,23,26). The van der Waals surface area contributed by atoms with Gasteiger partial charge >= 0.3 is 0 Å². The molecule has 6 nitrogen and oxygen atoms in total. The first kappa shape index (κ1) is 21.8. The van der Waals surface area contributed by atoms with Crippen LogP contribution in [-0.4, -0.2) is 41.0 Å². The maximum Gasteiger partial charge on any atom is 0.262 e. The van der Waals surface area contributed by atoms with E-state index in [-0.39, 0.29) is 23.3 Å². The molecule has 0 bridgehead atoms. The third-order valence-corrected chi connectivity index (χ3v) is 6.92. The number of benzene rings is 1. The maximum atomic E-state index is 13.0. The molecule has 3 atom stereocenters. The largest absolute Gasteiger partial charge is 0.385 e. The number of para-hydroxylation sites is 1. The van der Waals surface area contributed by atoms with Crippen LogP contribution in [0.5, 0.6) is 0 Å². The number of nitrogens with one attached hydrogen (secondary N) is 1. The summed E-state index contributed by atoms with van der Waals surface area (Å²) in [7, 11) is 1.65. The number of ether oxygens (including phenoxy) is 1. The van der Waals surface area contributed by atoms with Crippen LogP contribution >= 0.6 is 11.8 Å². The quantitative estimate of drug-likeness (QED) is 0.404. The Hall–Kier alpha value is -1.86. The number of fused-ring (bicyclic) bond motifs is 1. The van der Waals surface area contributed by atoms with Crippen LogP contribution in [0.15, 0.2) is 34.2 Å². The van der Waals surface area contributed by atoms with E-state index in [2.05, 4.69) is 24.1 Å². The first-order valence-corrected chi connectivity index (χ1v) is 11.4. The van der Waals surface area contributed by atoms with Crippen LogP contribution in [0.25, 0.3) is 10.9 Å². The highest BCUT2D eigenvalue weighted by molar-refractivity contribution is 7.99. The highest BCUT2D eigenvalue weighted by Gasteiger charge is 2.28. The monoisotopic (exact) mass is 417 g/mol. The molecule has 1 amide bonds. The van der Waals surface area contributed by atoms with Gasteiger partial charge in [-0.2, -0.15) is 0 Å². The number of hydrogen-bond donors (Lipinski definition) is 1. The zero-order valence-electron chi connectivity index (χ0n) is 17.5. The molecule has 2 aromatic rings. The SMILES string of the molecule is COCCCn1c(SCC(=O)NC2CCCC(C)C2C)nc2ccccc2c1=O. The fraction of sp³-hybridized carbons (Fsp3) is 0.591. The van der Waals surface area contributed by atoms with E-state index in [9.17, 15) is 9.59 Å². The Bertz CT molecular complexity index is 898. The number of carbonyl (C=O) groups is 1. The number of nitrogens with zero attached hydrogens (tertiary/aromatic N) is 2. The summed E-state index contributed by atoms with van der Waals surface area (Å²) in [5, 5.41) is 4.39. The number of aromatic nitrogens is 2. The number of rotatable bonds is 8. The van der Waals surface area contributed by atoms with E-state index in [1.165, 1.54) is 18.2 Å². The molecule has 1 aliphatic carbocycles. The van der Waals surface area contributed by atoms with E-state index in [0.717, 1.165) is 12.8 Å². The maximum absolute atomic E-state index is 13.0. The Morgan fingerprint density at radius 3 is 2.90 bits per heavy atom. The van der Waals surface area contributed by atoms with Crippen molar-refractivity contribution in [2.75, 3.05) is 19.5 Å². The molecule has 0 radical (unpaired) electrons. The predicted molar refractivity (Wildman–Crippen MR) is 117 cm³/mol. The number of hydrogen-bond acceptors (Lipinski definition) is 5. The van der Waals surface area contributed by atoms with Crippen LogP contribution in [0.3, 0.4) is 0 Å². The van der Waals surface area contributed by atoms with Gasteiger partial charge in [0.2, 0.25) is 5.91 Å². The van der Waals surface area contributed by atoms with Crippen molar-refractivity contribution >= 4 is 28.6 Å². The Balaban J connectivity index is 1.73. The average molecular weight is 418 g/mol. The normalized spacial score (nSPS) is 22.0. The van der Waals surface area contributed by atoms with Crippen molar-refractivity contribution in [3.8, 4) is 0 Å². The van der Waals surface area contributed by atoms with Crippen LogP contribution in [-0.2, 0) is 16.1 Å². The Morgan fingerprint density at radius 1 is 1.31 bits per heavy atom. The van der Waals surface area contributed by atoms with E-state index in [1.54, 1.807) is 17.7 Å². The second-order valence-corrected chi connectivity index (χ2v) is 8.89. The first-order chi connectivity index (χ1) is 14.0. The minimum absolute atomic E-state index is 0.00630. The minimum Gasteiger partial charge on any atom is -0.385 e. The molecule has 158 valence electrons. The van der Waals surface area contributed by atoms with Crippen molar-refractivity contribution in [1.82, 2.24) is 14.9 Å². The van der Waals surface area contributed by atoms with E-state index in [0.29, 0.717) is 47.5 Å². The third kappa shape index (κ3) is 5.39. The van der Waals surface area contributed by atoms with Gasteiger partial charge in [0.05, 0.1) is 16.7 Å². The lowest BCUT2D eigenvalue weighted by Gasteiger charge is -2.34. The molecule has 0 saturated heterocycles. The van der Waals surface area contributed by atoms with Gasteiger partial charge in [-0.05, 0) is 36.8 Å². The predicted octanol–water partition coefficient (Wildman–Crippen LogP) is 3.47. The molecule has 3 rings (SSSR count). The molecule has 3 unspecified atom stereocenters. The zero-order valence-corrected chi connectivity index (χ0v) is 18.3. The van der Waals surface area contributed by atoms with Gasteiger partial charge in [0.25, 0.3) is 5.56 Å². The minimum atomic E-state index is -0.0654. The zero-order chi connectivity index (χ0) is 20.8. The van der Waals surface area contributed by atoms with E-state index >= 15 is 0 Å². The van der Waals surface area contributed by atoms with Gasteiger partial charge in [-0.1, -0.05) is 50.6 Å². The van der Waals surface area contributed by atoms with Gasteiger partial charge in [0.15, 0.2) is 5.16 Å². The van der Waals surface area contributed by atoms with Gasteiger partial charge in [-0.15, -0.1) is 0 Å². The van der Waals surface area contributed by atoms with Crippen molar-refractivity contribution in [3.05, 3.63) is 34.6 Å². The topological polar surface area (TPSA) is 73.2 Å². The average Bonchev–Trinajstić information content (AvgIpc) is 2.72. The molecule has 1 saturated carbocycles. The lowest BCUT2D eigenvalue weighted by Crippen LogP contribution is -2.44. The van der Waals surface area contributed by atoms with Gasteiger partial charge < -0.3 is 10.1 Å². The number of thioether (sulfide) groups is 1. The fourth-order valence-corrected chi connectivity index (χ4v) is 4.82. The van der Waals surface area contributed by atoms with Gasteiger partial charge in [0, 0.05) is 26.3 Å². The summed E-state index contributed by atoms with van der Waals surface area (Å²) < 4.78 is 6.80. The van der Waals surface area contributed by atoms with Crippen molar-refractivity contribution in [3.63, 3.8) is 0 Å². The van der Waals surface area contributed by atoms with Gasteiger partial charge in [-0.3, -0.25) is 14.2 Å². The van der Waals surface area contributed by atoms with Gasteiger partial charge in [0.1, 0.15) is 0 Å². The third-order valence-electron chi connectivity index (χ3n) is 5.94. The van der Waals surface area contributed by atoms with E-state index in [4.69, 9.17) is 4.74 Å². The summed E-state index contributed by atoms with van der Waals surface area (Å²) in [6, 6.07) is 7.59. The molecule has 0 spiro atoms. The fourth-order valence-electron chi connectivity index (χ4n) is 3.99. The molecule has 0 aliphatic heterocycles. The second kappa shape index (κ2) is 10.3. The van der Waals surface area contributed by atoms with Crippen LogP contribution < -0.4 is 10.9 Å². The number of amides is 1. The Kier molecular flexibility index (Phi) is 7.72. The van der Waals surface area contributed by atoms with Crippen LogP contribution in [0.1, 0.15) is 39.5 Å². The molecule has 1 heterocycles. The highest BCUT2D eigenvalue weighted by Crippen LogP contribution is 2.29. The van der Waals surface area contributed by atoms with Gasteiger partial charge in [-0.25, -0.2) is 4.98 Å². The second-order valence-electron chi connectivity index (χ2n) is 7.94. The summed E-state index contributed by atoms with van der Waals surface area (Å²) in [5.41, 5.74) is 0.600. The Labute approximate surface area is 176 Å². The lowest BCUT2D eigenvalue weighted by molar-refractivity contribution is -0.120. The number of methoxy groups -OCH3 is 1. The lowest BCUT2D eigenvalue weighted by atomic mass is 9.78. The van der Waals surface area contributed by atoms with Crippen LogP contribution in [0, 0.1) is 11.8 Å². The van der Waals surface area contributed by atoms with Crippen molar-refractivity contribution in [1.29, 1.82) is 0 Å². The van der Waals surface area contributed by atoms with E-state index in [1.807, 2.05) is 18.2 Å². The number of carbonyl (C=O) groups excluding carboxylic acids is 1. The highest BCUT2D eigenvalue weighted by atomic mass is 32.2. The Morgan fingerprint density at radius 2 is 2.10 bits per heavy atom. The van der Waals surface area contributed by atoms with Crippen LogP contribution in [0.2, 0.25) is 0 Å². The molecule has 1 aromatic carbocycles. The van der Waals surface area contributed by atoms with Crippen LogP contribution in [0.4, 0.5) is 0 Å². The summed E-state index contributed by atoms with van der Waals surface area (Å²) in [4.78, 5) is 30.2. The smallest absolute Gasteiger partial charge is 0.262 e. The molecule has 1 fully saturated rings. The molecule has 1 aliphatic rings. The molecule has 7 heteroatoms. The summed E-state index contributed by atoms with van der Waals surface area (Å²) in [6.07, 6.45) is 4.15. The summed E-state index contributed by atoms with van der Waals surface area (Å²) in [6.45, 7) is 5.57. The molecule has 1 aromatic heterocycles. The van der Waals surface area contributed by atoms with Crippen molar-refractivity contribution in [2.24, 2.45) is 11.8 Å². The summed E-state index contributed by atoms with van der Waals surface area (Å²) >= 11 is 1.33. The van der Waals surface area contributed by atoms with Crippen molar-refractivity contribution in [2.45, 2.75) is 57.3 Å². The molecule has 1 N–H and O–H groups in total. The summed E-state index contributed by atoms with van der Waals surface area (Å²) in [5.74, 6) is 1.39. The molecular weight excluding hydrogens is 386 g/mol.